The zero-order valence-electron chi connectivity index (χ0n) is 9.75. The second kappa shape index (κ2) is 4.16. The number of hydrogen-bond acceptors (Lipinski definition) is 3. The summed E-state index contributed by atoms with van der Waals surface area (Å²) in [5.41, 5.74) is 1.71. The topological polar surface area (TPSA) is 38.3 Å². The van der Waals surface area contributed by atoms with Crippen molar-refractivity contribution in [2.75, 3.05) is 12.4 Å². The minimum atomic E-state index is -0.482. The van der Waals surface area contributed by atoms with E-state index in [1.54, 1.807) is 0 Å². The average molecular weight is 219 g/mol. The molecule has 16 heavy (non-hydrogen) atoms. The van der Waals surface area contributed by atoms with Gasteiger partial charge in [-0.15, -0.1) is 0 Å². The minimum Gasteiger partial charge on any atom is -0.467 e. The Balaban J connectivity index is 2.13. The van der Waals surface area contributed by atoms with Crippen LogP contribution in [0, 0.1) is 6.92 Å². The first kappa shape index (κ1) is 11.0. The van der Waals surface area contributed by atoms with Gasteiger partial charge in [-0.25, -0.2) is 4.79 Å². The van der Waals surface area contributed by atoms with Crippen LogP contribution in [0.3, 0.4) is 0 Å². The third-order valence-electron chi connectivity index (χ3n) is 3.22. The van der Waals surface area contributed by atoms with E-state index in [9.17, 15) is 4.79 Å². The van der Waals surface area contributed by atoms with Crippen molar-refractivity contribution in [2.45, 2.75) is 31.7 Å². The molecule has 1 aromatic rings. The van der Waals surface area contributed by atoms with Gasteiger partial charge in [0.05, 0.1) is 7.11 Å². The normalized spacial score (nSPS) is 17.4. The van der Waals surface area contributed by atoms with E-state index in [-0.39, 0.29) is 5.97 Å². The van der Waals surface area contributed by atoms with E-state index < -0.39 is 5.54 Å². The summed E-state index contributed by atoms with van der Waals surface area (Å²) in [5, 5.41) is 3.30. The first-order chi connectivity index (χ1) is 7.66. The molecule has 0 saturated heterocycles. The van der Waals surface area contributed by atoms with Crippen LogP contribution in [0.2, 0.25) is 0 Å². The van der Waals surface area contributed by atoms with Gasteiger partial charge in [-0.1, -0.05) is 17.7 Å². The molecule has 1 aliphatic rings. The van der Waals surface area contributed by atoms with Gasteiger partial charge in [0.1, 0.15) is 5.54 Å². The summed E-state index contributed by atoms with van der Waals surface area (Å²) in [7, 11) is 1.44. The Morgan fingerprint density at radius 2 is 1.94 bits per heavy atom. The summed E-state index contributed by atoms with van der Waals surface area (Å²) < 4.78 is 4.85. The molecule has 0 atom stereocenters. The van der Waals surface area contributed by atoms with Gasteiger partial charge in [-0.05, 0) is 38.3 Å². The van der Waals surface area contributed by atoms with Crippen LogP contribution in [0.5, 0.6) is 0 Å². The molecule has 0 spiro atoms. The third-order valence-corrected chi connectivity index (χ3v) is 3.22. The van der Waals surface area contributed by atoms with Crippen LogP contribution in [0.4, 0.5) is 5.69 Å². The van der Waals surface area contributed by atoms with Gasteiger partial charge in [0.25, 0.3) is 0 Å². The molecule has 0 radical (unpaired) electrons. The monoisotopic (exact) mass is 219 g/mol. The number of esters is 1. The molecule has 3 nitrogen and oxygen atoms in total. The first-order valence-electron chi connectivity index (χ1n) is 5.59. The highest BCUT2D eigenvalue weighted by Gasteiger charge is 2.45. The van der Waals surface area contributed by atoms with E-state index >= 15 is 0 Å². The smallest absolute Gasteiger partial charge is 0.331 e. The van der Waals surface area contributed by atoms with Crippen molar-refractivity contribution in [2.24, 2.45) is 0 Å². The fourth-order valence-corrected chi connectivity index (χ4v) is 2.02. The largest absolute Gasteiger partial charge is 0.467 e. The first-order valence-corrected chi connectivity index (χ1v) is 5.59. The van der Waals surface area contributed by atoms with Gasteiger partial charge >= 0.3 is 5.97 Å². The van der Waals surface area contributed by atoms with Gasteiger partial charge in [0.2, 0.25) is 0 Å². The zero-order chi connectivity index (χ0) is 11.6. The Morgan fingerprint density at radius 3 is 2.38 bits per heavy atom. The molecule has 1 fully saturated rings. The van der Waals surface area contributed by atoms with Crippen molar-refractivity contribution in [3.8, 4) is 0 Å². The number of hydrogen-bond donors (Lipinski definition) is 1. The maximum atomic E-state index is 11.7. The lowest BCUT2D eigenvalue weighted by Crippen LogP contribution is -2.52. The minimum absolute atomic E-state index is 0.153. The van der Waals surface area contributed by atoms with E-state index in [0.717, 1.165) is 24.9 Å². The number of aryl methyl sites for hydroxylation is 1. The van der Waals surface area contributed by atoms with Crippen molar-refractivity contribution in [1.82, 2.24) is 0 Å². The summed E-state index contributed by atoms with van der Waals surface area (Å²) in [6.07, 6.45) is 2.79. The van der Waals surface area contributed by atoms with Gasteiger partial charge < -0.3 is 10.1 Å². The molecule has 0 aromatic heterocycles. The van der Waals surface area contributed by atoms with Gasteiger partial charge in [-0.3, -0.25) is 0 Å². The number of carbonyl (C=O) groups is 1. The molecule has 0 bridgehead atoms. The lowest BCUT2D eigenvalue weighted by molar-refractivity contribution is -0.149. The van der Waals surface area contributed by atoms with Crippen LogP contribution in [0.25, 0.3) is 0 Å². The summed E-state index contributed by atoms with van der Waals surface area (Å²) in [6, 6.07) is 8.06. The molecule has 1 saturated carbocycles. The molecular formula is C13H17NO2. The fraction of sp³-hybridized carbons (Fsp3) is 0.462. The average Bonchev–Trinajstić information content (AvgIpc) is 2.25. The van der Waals surface area contributed by atoms with E-state index in [1.165, 1.54) is 12.7 Å². The van der Waals surface area contributed by atoms with E-state index in [2.05, 4.69) is 5.32 Å². The molecule has 0 heterocycles. The highest BCUT2D eigenvalue weighted by Crippen LogP contribution is 2.36. The van der Waals surface area contributed by atoms with Gasteiger partial charge in [0, 0.05) is 5.69 Å². The molecule has 1 aromatic carbocycles. The second-order valence-corrected chi connectivity index (χ2v) is 4.42. The molecule has 3 heteroatoms. The molecule has 1 N–H and O–H groups in total. The van der Waals surface area contributed by atoms with Gasteiger partial charge in [-0.2, -0.15) is 0 Å². The number of methoxy groups -OCH3 is 1. The number of nitrogens with one attached hydrogen (secondary N) is 1. The number of carbonyl (C=O) groups excluding carboxylic acids is 1. The molecule has 0 amide bonds. The van der Waals surface area contributed by atoms with Crippen molar-refractivity contribution in [3.05, 3.63) is 29.8 Å². The molecular weight excluding hydrogens is 202 g/mol. The van der Waals surface area contributed by atoms with Crippen LogP contribution in [0.15, 0.2) is 24.3 Å². The maximum absolute atomic E-state index is 11.7. The summed E-state index contributed by atoms with van der Waals surface area (Å²) in [5.74, 6) is -0.153. The molecule has 2 rings (SSSR count). The standard InChI is InChI=1S/C13H17NO2/c1-10-4-6-11(7-5-10)14-13(8-3-9-13)12(15)16-2/h4-7,14H,3,8-9H2,1-2H3. The third kappa shape index (κ3) is 1.90. The number of ether oxygens (including phenoxy) is 1. The lowest BCUT2D eigenvalue weighted by atomic mass is 9.76. The Morgan fingerprint density at radius 1 is 1.31 bits per heavy atom. The van der Waals surface area contributed by atoms with E-state index in [0.29, 0.717) is 0 Å². The number of rotatable bonds is 3. The highest BCUT2D eigenvalue weighted by atomic mass is 16.5. The zero-order valence-corrected chi connectivity index (χ0v) is 9.75. The van der Waals surface area contributed by atoms with Crippen molar-refractivity contribution in [3.63, 3.8) is 0 Å². The van der Waals surface area contributed by atoms with Crippen molar-refractivity contribution in [1.29, 1.82) is 0 Å². The number of benzene rings is 1. The predicted molar refractivity (Wildman–Crippen MR) is 63.4 cm³/mol. The molecule has 0 aliphatic heterocycles. The van der Waals surface area contributed by atoms with Crippen LogP contribution in [0.1, 0.15) is 24.8 Å². The summed E-state index contributed by atoms with van der Waals surface area (Å²) >= 11 is 0. The molecule has 1 aliphatic carbocycles. The van der Waals surface area contributed by atoms with Gasteiger partial charge in [0.15, 0.2) is 0 Å². The Kier molecular flexibility index (Phi) is 2.86. The van der Waals surface area contributed by atoms with Crippen LogP contribution >= 0.6 is 0 Å². The predicted octanol–water partition coefficient (Wildman–Crippen LogP) is 2.50. The fourth-order valence-electron chi connectivity index (χ4n) is 2.02. The Hall–Kier alpha value is -1.51. The van der Waals surface area contributed by atoms with Crippen LogP contribution in [-0.2, 0) is 9.53 Å². The van der Waals surface area contributed by atoms with Crippen LogP contribution < -0.4 is 5.32 Å². The van der Waals surface area contributed by atoms with Crippen LogP contribution in [-0.4, -0.2) is 18.6 Å². The highest BCUT2D eigenvalue weighted by molar-refractivity contribution is 5.85. The Bertz CT molecular complexity index is 379. The van der Waals surface area contributed by atoms with Crippen molar-refractivity contribution >= 4 is 11.7 Å². The molecule has 86 valence electrons. The van der Waals surface area contributed by atoms with E-state index in [1.807, 2.05) is 31.2 Å². The maximum Gasteiger partial charge on any atom is 0.331 e. The van der Waals surface area contributed by atoms with Crippen molar-refractivity contribution < 1.29 is 9.53 Å². The summed E-state index contributed by atoms with van der Waals surface area (Å²) in [6.45, 7) is 2.04. The van der Waals surface area contributed by atoms with E-state index in [4.69, 9.17) is 4.74 Å². The summed E-state index contributed by atoms with van der Waals surface area (Å²) in [4.78, 5) is 11.7. The lowest BCUT2D eigenvalue weighted by Gasteiger charge is -2.40. The molecule has 0 unspecified atom stereocenters. The Labute approximate surface area is 95.8 Å². The number of anilines is 1. The quantitative estimate of drug-likeness (QED) is 0.794. The second-order valence-electron chi connectivity index (χ2n) is 4.42. The SMILES string of the molecule is COC(=O)C1(Nc2ccc(C)cc2)CCC1.